The summed E-state index contributed by atoms with van der Waals surface area (Å²) < 4.78 is 32.9. The molecule has 0 N–H and O–H groups in total. The fourth-order valence-corrected chi connectivity index (χ4v) is 16.3. The Morgan fingerprint density at radius 1 is 0.316 bits per heavy atom. The number of fused-ring (bicyclic) bond motifs is 9. The van der Waals surface area contributed by atoms with Crippen molar-refractivity contribution in [2.24, 2.45) is 21.1 Å². The van der Waals surface area contributed by atoms with Crippen LogP contribution in [0.3, 0.4) is 0 Å². The van der Waals surface area contributed by atoms with E-state index >= 15 is 0 Å². The second-order valence-corrected chi connectivity index (χ2v) is 31.6. The fourth-order valence-electron chi connectivity index (χ4n) is 16.3. The van der Waals surface area contributed by atoms with Crippen molar-refractivity contribution < 1.29 is 77.4 Å². The quantitative estimate of drug-likeness (QED) is 0.0911. The Balaban J connectivity index is 0.000000129. The maximum atomic E-state index is 6.17. The van der Waals surface area contributed by atoms with E-state index in [2.05, 4.69) is 278 Å². The van der Waals surface area contributed by atoms with Crippen molar-refractivity contribution in [1.82, 2.24) is 61.9 Å². The third-order valence-corrected chi connectivity index (χ3v) is 22.4. The summed E-state index contributed by atoms with van der Waals surface area (Å²) in [6, 6.07) is 125. The fraction of sp³-hybridized carbons (Fsp3) is 0.0893. The molecule has 0 amide bonds. The molecule has 21 aromatic rings. The largest absolute Gasteiger partial charge is 2.00 e. The van der Waals surface area contributed by atoms with Gasteiger partial charge in [-0.3, -0.25) is 24.2 Å². The minimum atomic E-state index is 0. The predicted molar refractivity (Wildman–Crippen MR) is 525 cm³/mol. The minimum absolute atomic E-state index is 0. The Labute approximate surface area is 818 Å². The molecular weight excluding hydrogens is 2190 g/mol. The Morgan fingerprint density at radius 3 is 0.955 bits per heavy atom. The van der Waals surface area contributed by atoms with Gasteiger partial charge in [-0.05, 0) is 139 Å². The molecule has 23 rings (SSSR count). The van der Waals surface area contributed by atoms with Crippen LogP contribution in [0.15, 0.2) is 365 Å². The van der Waals surface area contributed by atoms with Gasteiger partial charge < -0.3 is 56.6 Å². The predicted octanol–water partition coefficient (Wildman–Crippen LogP) is 25.8. The second kappa shape index (κ2) is 41.7. The van der Waals surface area contributed by atoms with E-state index < -0.39 is 0 Å². The van der Waals surface area contributed by atoms with Crippen LogP contribution >= 0.6 is 0 Å². The van der Waals surface area contributed by atoms with Crippen molar-refractivity contribution in [3.63, 3.8) is 0 Å². The number of nitrogens with zero attached hydrogens (tertiary/aromatic N) is 15. The normalized spacial score (nSPS) is 11.8. The molecule has 0 spiro atoms. The molecular formula is C112H93N15O3Pt3-6. The van der Waals surface area contributed by atoms with Gasteiger partial charge in [0.15, 0.2) is 0 Å². The van der Waals surface area contributed by atoms with Gasteiger partial charge in [0.05, 0.1) is 62.5 Å². The van der Waals surface area contributed by atoms with Crippen LogP contribution in [0.4, 0.5) is 11.4 Å². The van der Waals surface area contributed by atoms with Crippen molar-refractivity contribution in [3.8, 4) is 91.5 Å². The van der Waals surface area contributed by atoms with E-state index in [1.165, 1.54) is 76.9 Å². The molecule has 0 unspecified atom stereocenters. The first-order valence-corrected chi connectivity index (χ1v) is 42.5. The average Bonchev–Trinajstić information content (AvgIpc) is 1.59. The Kier molecular flexibility index (Phi) is 29.2. The summed E-state index contributed by atoms with van der Waals surface area (Å²) in [6.07, 6.45) is 17.2. The van der Waals surface area contributed by atoms with Gasteiger partial charge in [0, 0.05) is 172 Å². The van der Waals surface area contributed by atoms with Crippen LogP contribution < -0.4 is 24.0 Å². The van der Waals surface area contributed by atoms with E-state index in [-0.39, 0.29) is 70.6 Å². The molecule has 2 aliphatic rings. The first kappa shape index (κ1) is 93.2. The van der Waals surface area contributed by atoms with Crippen molar-refractivity contribution in [2.75, 3.05) is 23.9 Å². The molecule has 0 atom stereocenters. The zero-order chi connectivity index (χ0) is 88.0. The Bertz CT molecular complexity index is 7370. The van der Waals surface area contributed by atoms with Gasteiger partial charge in [-0.25, -0.2) is 0 Å². The molecule has 0 bridgehead atoms. The van der Waals surface area contributed by atoms with Crippen molar-refractivity contribution >= 4 is 76.8 Å². The van der Waals surface area contributed by atoms with Crippen molar-refractivity contribution in [3.05, 3.63) is 437 Å². The summed E-state index contributed by atoms with van der Waals surface area (Å²) in [5, 5.41) is 12.2. The molecule has 0 radical (unpaired) electrons. The van der Waals surface area contributed by atoms with E-state index in [0.29, 0.717) is 34.5 Å². The van der Waals surface area contributed by atoms with Gasteiger partial charge in [0.25, 0.3) is 0 Å². The zero-order valence-electron chi connectivity index (χ0n) is 73.7. The van der Waals surface area contributed by atoms with E-state index in [1.54, 1.807) is 12.4 Å². The SMILES string of the molecule is C.CN1C=CN(c2[c-]c(Oc3[c-]c(-c4ncc(-n5c6ccccc6c6ccccc65)n4C)ccc3)ccc2)[CH-]1.CN1C=CN(c2[c-]c(Oc3[c-]c(-c4nccn4C)ccc3)ccc2)[CH-]1.Cc1cc(C)n(-c2[c-]c(Oc3[c-]c(-c4nccn4C)ccc3)ccc2)n1.Cc1ccc(-n2c3ccccc3c3ccccc32)cc1.Cc1ccc(-n2c3ccccc3c3ccccc32)cc1.[Pt+2].[Pt].[Pt]. The molecule has 14 aromatic carbocycles. The number of benzene rings is 14. The second-order valence-electron chi connectivity index (χ2n) is 31.6. The maximum Gasteiger partial charge on any atom is 2.00 e. The maximum absolute atomic E-state index is 6.17. The summed E-state index contributed by atoms with van der Waals surface area (Å²) in [6.45, 7) is 12.2. The smallest absolute Gasteiger partial charge is 0.510 e. The number of anilines is 2. The average molecular weight is 2280 g/mol. The van der Waals surface area contributed by atoms with Crippen molar-refractivity contribution in [1.29, 1.82) is 0 Å². The van der Waals surface area contributed by atoms with Crippen LogP contribution in [0.25, 0.3) is 122 Å². The van der Waals surface area contributed by atoms with Gasteiger partial charge in [0.2, 0.25) is 0 Å². The first-order chi connectivity index (χ1) is 63.1. The number of hydrogen-bond donors (Lipinski definition) is 0. The number of ether oxygens (including phenoxy) is 3. The summed E-state index contributed by atoms with van der Waals surface area (Å²) >= 11 is 0. The van der Waals surface area contributed by atoms with Gasteiger partial charge in [-0.15, -0.1) is 137 Å². The molecule has 9 heterocycles. The summed E-state index contributed by atoms with van der Waals surface area (Å²) in [5.41, 5.74) is 19.7. The summed E-state index contributed by atoms with van der Waals surface area (Å²) in [7, 11) is 9.92. The Hall–Kier alpha value is -14.5. The van der Waals surface area contributed by atoms with Crippen LogP contribution in [0.2, 0.25) is 0 Å². The van der Waals surface area contributed by atoms with Crippen LogP contribution in [-0.4, -0.2) is 76.0 Å². The third kappa shape index (κ3) is 20.2. The standard InChI is InChI=1S/C32H24N5O.C21H18N4O.C20H17N4O.2C19H15N.CH4.3Pt/c1-34-17-18-36(22-34)24-10-8-12-26(20-24)38-25-11-7-9-23(19-25)32-33-21-31(35(32)2)37-29-15-5-3-13-27(29)28-14-4-6-16-30(28)37;1-15-12-16(2)25(23-15)18-7-5-9-20(14-18)26-19-8-4-6-17(13-19)21-22-10-11-24(21)3;1-22-11-12-24(15-22)17-6-4-8-19(14-17)25-18-7-3-5-16(13-18)20-21-9-10-23(20)2;2*1-14-10-12-15(13-11-14)20-18-8-4-2-6-16(18)17-7-3-5-9-19(17)20;;;;/h3-18,21-22H,1-2H3;4-12H,1-3H3;3-12,15H,1-2H3;2*2-13H,1H3;1H4;;;/q-3;-2;-3;;;;;;+2. The molecule has 2 aliphatic heterocycles. The summed E-state index contributed by atoms with van der Waals surface area (Å²) in [5.74, 6) is 7.22. The van der Waals surface area contributed by atoms with Gasteiger partial charge in [-0.2, -0.15) is 36.6 Å². The van der Waals surface area contributed by atoms with Crippen LogP contribution in [0.1, 0.15) is 29.9 Å². The number of aromatic nitrogens is 11. The van der Waals surface area contributed by atoms with Gasteiger partial charge >= 0.3 is 21.1 Å². The molecule has 0 aliphatic carbocycles. The van der Waals surface area contributed by atoms with E-state index in [9.17, 15) is 0 Å². The molecule has 7 aromatic heterocycles. The zero-order valence-corrected chi connectivity index (χ0v) is 80.5. The topological polar surface area (TPSA) is 127 Å². The third-order valence-electron chi connectivity index (χ3n) is 22.4. The molecule has 0 fully saturated rings. The van der Waals surface area contributed by atoms with Crippen LogP contribution in [-0.2, 0) is 84.3 Å². The number of hydrogen-bond acceptors (Lipinski definition) is 11. The molecule has 18 nitrogen and oxygen atoms in total. The number of imidazole rings is 3. The van der Waals surface area contributed by atoms with E-state index in [4.69, 9.17) is 19.2 Å². The number of para-hydroxylation sites is 6. The molecule has 0 saturated heterocycles. The van der Waals surface area contributed by atoms with Crippen LogP contribution in [0, 0.1) is 77.4 Å². The van der Waals surface area contributed by atoms with E-state index in [1.807, 2.05) is 254 Å². The monoisotopic (exact) mass is 2280 g/mol. The molecule has 670 valence electrons. The molecule has 0 saturated carbocycles. The van der Waals surface area contributed by atoms with E-state index in [0.717, 1.165) is 79.5 Å². The molecule has 21 heteroatoms. The molecule has 133 heavy (non-hydrogen) atoms. The number of aryl methyl sites for hydroxylation is 6. The van der Waals surface area contributed by atoms with Crippen LogP contribution in [0.5, 0.6) is 34.5 Å². The van der Waals surface area contributed by atoms with Crippen molar-refractivity contribution in [2.45, 2.75) is 35.1 Å². The minimum Gasteiger partial charge on any atom is -0.510 e. The van der Waals surface area contributed by atoms with Gasteiger partial charge in [0.1, 0.15) is 5.82 Å². The summed E-state index contributed by atoms with van der Waals surface area (Å²) in [4.78, 5) is 21.5. The first-order valence-electron chi connectivity index (χ1n) is 42.5. The van der Waals surface area contributed by atoms with Gasteiger partial charge in [-0.1, -0.05) is 170 Å². The Morgan fingerprint density at radius 2 is 0.632 bits per heavy atom. The number of rotatable bonds is 15.